The Morgan fingerprint density at radius 1 is 1.36 bits per heavy atom. The van der Waals surface area contributed by atoms with Crippen LogP contribution in [0.2, 0.25) is 0 Å². The maximum absolute atomic E-state index is 9.40. The molecule has 0 bridgehead atoms. The van der Waals surface area contributed by atoms with Crippen LogP contribution in [0.3, 0.4) is 0 Å². The van der Waals surface area contributed by atoms with Gasteiger partial charge in [0.15, 0.2) is 0 Å². The van der Waals surface area contributed by atoms with E-state index in [2.05, 4.69) is 29.6 Å². The molecule has 0 spiro atoms. The van der Waals surface area contributed by atoms with Gasteiger partial charge in [0.25, 0.3) is 0 Å². The van der Waals surface area contributed by atoms with Crippen LogP contribution in [0.1, 0.15) is 17.5 Å². The standard InChI is InChI=1S/C12H17NO/c1-13-12(9-14)7-6-10-4-2-3-5-11(10)8-12/h2-5,13-14H,6-9H2,1H3/t12-/m1/s1. The second-order valence-electron chi connectivity index (χ2n) is 4.13. The Kier molecular flexibility index (Phi) is 2.57. The number of likely N-dealkylation sites (N-methyl/N-ethyl adjacent to an activating group) is 1. The fourth-order valence-corrected chi connectivity index (χ4v) is 2.23. The largest absolute Gasteiger partial charge is 0.394 e. The Morgan fingerprint density at radius 3 is 2.71 bits per heavy atom. The van der Waals surface area contributed by atoms with Gasteiger partial charge in [-0.2, -0.15) is 0 Å². The molecule has 0 unspecified atom stereocenters. The molecule has 0 radical (unpaired) electrons. The predicted molar refractivity (Wildman–Crippen MR) is 57.3 cm³/mol. The van der Waals surface area contributed by atoms with Crippen molar-refractivity contribution in [2.24, 2.45) is 0 Å². The van der Waals surface area contributed by atoms with Gasteiger partial charge in [-0.3, -0.25) is 0 Å². The zero-order chi connectivity index (χ0) is 10.0. The zero-order valence-electron chi connectivity index (χ0n) is 8.59. The quantitative estimate of drug-likeness (QED) is 0.734. The number of hydrogen-bond donors (Lipinski definition) is 2. The Balaban J connectivity index is 2.28. The van der Waals surface area contributed by atoms with Crippen molar-refractivity contribution in [3.63, 3.8) is 0 Å². The number of hydrogen-bond acceptors (Lipinski definition) is 2. The summed E-state index contributed by atoms with van der Waals surface area (Å²) >= 11 is 0. The summed E-state index contributed by atoms with van der Waals surface area (Å²) in [6, 6.07) is 8.51. The average molecular weight is 191 g/mol. The van der Waals surface area contributed by atoms with E-state index < -0.39 is 0 Å². The summed E-state index contributed by atoms with van der Waals surface area (Å²) in [5, 5.41) is 12.7. The molecule has 2 rings (SSSR count). The van der Waals surface area contributed by atoms with Gasteiger partial charge >= 0.3 is 0 Å². The number of aryl methyl sites for hydroxylation is 1. The molecule has 0 saturated heterocycles. The van der Waals surface area contributed by atoms with E-state index in [-0.39, 0.29) is 12.1 Å². The first-order valence-electron chi connectivity index (χ1n) is 5.16. The van der Waals surface area contributed by atoms with Gasteiger partial charge in [0.2, 0.25) is 0 Å². The molecule has 2 N–H and O–H groups in total. The minimum atomic E-state index is -0.0889. The van der Waals surface area contributed by atoms with Crippen molar-refractivity contribution < 1.29 is 5.11 Å². The average Bonchev–Trinajstić information content (AvgIpc) is 2.28. The van der Waals surface area contributed by atoms with Crippen LogP contribution in [0.5, 0.6) is 0 Å². The van der Waals surface area contributed by atoms with Crippen LogP contribution in [0.15, 0.2) is 24.3 Å². The van der Waals surface area contributed by atoms with Crippen LogP contribution < -0.4 is 5.32 Å². The van der Waals surface area contributed by atoms with Gasteiger partial charge < -0.3 is 10.4 Å². The summed E-state index contributed by atoms with van der Waals surface area (Å²) < 4.78 is 0. The number of nitrogens with one attached hydrogen (secondary N) is 1. The highest BCUT2D eigenvalue weighted by Crippen LogP contribution is 2.27. The predicted octanol–water partition coefficient (Wildman–Crippen LogP) is 1.13. The monoisotopic (exact) mass is 191 g/mol. The van der Waals surface area contributed by atoms with E-state index in [4.69, 9.17) is 0 Å². The zero-order valence-corrected chi connectivity index (χ0v) is 8.59. The lowest BCUT2D eigenvalue weighted by Gasteiger charge is -2.36. The Hall–Kier alpha value is -0.860. The lowest BCUT2D eigenvalue weighted by atomic mass is 9.78. The van der Waals surface area contributed by atoms with Gasteiger partial charge in [0.1, 0.15) is 0 Å². The van der Waals surface area contributed by atoms with Gasteiger partial charge in [-0.25, -0.2) is 0 Å². The molecule has 2 heteroatoms. The van der Waals surface area contributed by atoms with Crippen LogP contribution >= 0.6 is 0 Å². The van der Waals surface area contributed by atoms with Gasteiger partial charge in [0.05, 0.1) is 6.61 Å². The first kappa shape index (κ1) is 9.69. The SMILES string of the molecule is CN[C@]1(CO)CCc2ccccc2C1. The fraction of sp³-hybridized carbons (Fsp3) is 0.500. The van der Waals surface area contributed by atoms with Crippen molar-refractivity contribution in [1.82, 2.24) is 5.32 Å². The number of aliphatic hydroxyl groups is 1. The highest BCUT2D eigenvalue weighted by atomic mass is 16.3. The molecule has 1 aliphatic rings. The van der Waals surface area contributed by atoms with E-state index in [0.29, 0.717) is 0 Å². The normalized spacial score (nSPS) is 25.9. The van der Waals surface area contributed by atoms with Crippen molar-refractivity contribution in [1.29, 1.82) is 0 Å². The van der Waals surface area contributed by atoms with E-state index in [1.54, 1.807) is 0 Å². The number of benzene rings is 1. The van der Waals surface area contributed by atoms with E-state index in [1.807, 2.05) is 7.05 Å². The van der Waals surface area contributed by atoms with Crippen LogP contribution in [0.25, 0.3) is 0 Å². The topological polar surface area (TPSA) is 32.3 Å². The molecule has 14 heavy (non-hydrogen) atoms. The molecule has 0 saturated carbocycles. The third-order valence-corrected chi connectivity index (χ3v) is 3.35. The fourth-order valence-electron chi connectivity index (χ4n) is 2.23. The van der Waals surface area contributed by atoms with E-state index in [0.717, 1.165) is 19.3 Å². The summed E-state index contributed by atoms with van der Waals surface area (Å²) in [7, 11) is 1.93. The molecular formula is C12H17NO. The van der Waals surface area contributed by atoms with Crippen LogP contribution in [-0.2, 0) is 12.8 Å². The summed E-state index contributed by atoms with van der Waals surface area (Å²) in [4.78, 5) is 0. The number of fused-ring (bicyclic) bond motifs is 1. The Morgan fingerprint density at radius 2 is 2.07 bits per heavy atom. The van der Waals surface area contributed by atoms with Gasteiger partial charge in [-0.15, -0.1) is 0 Å². The maximum Gasteiger partial charge on any atom is 0.0616 e. The minimum absolute atomic E-state index is 0.0889. The molecule has 1 aromatic carbocycles. The summed E-state index contributed by atoms with van der Waals surface area (Å²) in [6.07, 6.45) is 3.03. The Bertz CT molecular complexity index is 318. The Labute approximate surface area is 85.0 Å². The van der Waals surface area contributed by atoms with Crippen LogP contribution in [0, 0.1) is 0 Å². The molecule has 1 aliphatic carbocycles. The van der Waals surface area contributed by atoms with Gasteiger partial charge in [-0.05, 0) is 37.4 Å². The molecule has 0 amide bonds. The molecule has 0 aromatic heterocycles. The van der Waals surface area contributed by atoms with Gasteiger partial charge in [0, 0.05) is 5.54 Å². The summed E-state index contributed by atoms with van der Waals surface area (Å²) in [5.41, 5.74) is 2.72. The van der Waals surface area contributed by atoms with Crippen LogP contribution in [-0.4, -0.2) is 24.3 Å². The number of rotatable bonds is 2. The highest BCUT2D eigenvalue weighted by Gasteiger charge is 2.31. The molecule has 0 aliphatic heterocycles. The van der Waals surface area contributed by atoms with E-state index in [9.17, 15) is 5.11 Å². The summed E-state index contributed by atoms with van der Waals surface area (Å²) in [6.45, 7) is 0.220. The van der Waals surface area contributed by atoms with Crippen molar-refractivity contribution >= 4 is 0 Å². The number of aliphatic hydroxyl groups excluding tert-OH is 1. The lowest BCUT2D eigenvalue weighted by Crippen LogP contribution is -2.50. The minimum Gasteiger partial charge on any atom is -0.394 e. The van der Waals surface area contributed by atoms with E-state index >= 15 is 0 Å². The van der Waals surface area contributed by atoms with Crippen molar-refractivity contribution in [3.05, 3.63) is 35.4 Å². The van der Waals surface area contributed by atoms with Crippen molar-refractivity contribution in [3.8, 4) is 0 Å². The molecular weight excluding hydrogens is 174 g/mol. The molecule has 0 heterocycles. The molecule has 1 atom stereocenters. The molecule has 0 fully saturated rings. The second kappa shape index (κ2) is 3.71. The highest BCUT2D eigenvalue weighted by molar-refractivity contribution is 5.32. The first-order chi connectivity index (χ1) is 6.79. The lowest BCUT2D eigenvalue weighted by molar-refractivity contribution is 0.153. The van der Waals surface area contributed by atoms with Gasteiger partial charge in [-0.1, -0.05) is 24.3 Å². The smallest absolute Gasteiger partial charge is 0.0616 e. The van der Waals surface area contributed by atoms with E-state index in [1.165, 1.54) is 11.1 Å². The first-order valence-corrected chi connectivity index (χ1v) is 5.16. The molecule has 2 nitrogen and oxygen atoms in total. The van der Waals surface area contributed by atoms with Crippen molar-refractivity contribution in [2.75, 3.05) is 13.7 Å². The second-order valence-corrected chi connectivity index (χ2v) is 4.13. The molecule has 76 valence electrons. The summed E-state index contributed by atoms with van der Waals surface area (Å²) in [5.74, 6) is 0. The maximum atomic E-state index is 9.40. The third kappa shape index (κ3) is 1.56. The third-order valence-electron chi connectivity index (χ3n) is 3.35. The van der Waals surface area contributed by atoms with Crippen LogP contribution in [0.4, 0.5) is 0 Å². The van der Waals surface area contributed by atoms with Crippen molar-refractivity contribution in [2.45, 2.75) is 24.8 Å². The molecule has 1 aromatic rings.